The fourth-order valence-corrected chi connectivity index (χ4v) is 4.46. The molecule has 3 heterocycles. The molecule has 0 saturated carbocycles. The molecule has 4 rings (SSSR count). The van der Waals surface area contributed by atoms with Crippen LogP contribution in [0.25, 0.3) is 0 Å². The second kappa shape index (κ2) is 9.84. The van der Waals surface area contributed by atoms with E-state index in [0.717, 1.165) is 0 Å². The summed E-state index contributed by atoms with van der Waals surface area (Å²) in [6, 6.07) is 5.12. The minimum atomic E-state index is -0.998. The van der Waals surface area contributed by atoms with Gasteiger partial charge in [0.1, 0.15) is 5.82 Å². The zero-order valence-electron chi connectivity index (χ0n) is 18.9. The van der Waals surface area contributed by atoms with Crippen LogP contribution in [0, 0.1) is 12.8 Å². The molecule has 1 aromatic heterocycles. The van der Waals surface area contributed by atoms with Crippen LogP contribution in [-0.2, 0) is 19.1 Å². The Morgan fingerprint density at radius 1 is 1.26 bits per heavy atom. The van der Waals surface area contributed by atoms with Crippen molar-refractivity contribution in [3.63, 3.8) is 0 Å². The number of benzene rings is 1. The summed E-state index contributed by atoms with van der Waals surface area (Å²) in [5.41, 5.74) is 0.819. The van der Waals surface area contributed by atoms with Crippen LogP contribution in [0.4, 0.5) is 17.5 Å². The van der Waals surface area contributed by atoms with Crippen LogP contribution in [0.1, 0.15) is 43.2 Å². The molecule has 1 fully saturated rings. The number of carbonyl (C=O) groups is 3. The van der Waals surface area contributed by atoms with E-state index >= 15 is 0 Å². The highest BCUT2D eigenvalue weighted by molar-refractivity contribution is 6.31. The summed E-state index contributed by atoms with van der Waals surface area (Å²) in [7, 11) is 0. The van der Waals surface area contributed by atoms with Crippen LogP contribution in [-0.4, -0.2) is 47.4 Å². The van der Waals surface area contributed by atoms with Crippen LogP contribution in [0.15, 0.2) is 23.0 Å². The summed E-state index contributed by atoms with van der Waals surface area (Å²) in [6.07, 6.45) is 0.958. The van der Waals surface area contributed by atoms with E-state index in [9.17, 15) is 19.2 Å². The minimum absolute atomic E-state index is 0.0745. The molecule has 1 atom stereocenters. The van der Waals surface area contributed by atoms with Crippen molar-refractivity contribution < 1.29 is 19.1 Å². The summed E-state index contributed by atoms with van der Waals surface area (Å²) in [5.74, 6) is -1.93. The number of ether oxygens (including phenoxy) is 1. The van der Waals surface area contributed by atoms with Crippen molar-refractivity contribution in [3.8, 4) is 0 Å². The number of rotatable bonds is 5. The molecule has 0 aliphatic carbocycles. The lowest BCUT2D eigenvalue weighted by Crippen LogP contribution is -2.41. The topological polar surface area (TPSA) is 133 Å². The first-order chi connectivity index (χ1) is 16.3. The van der Waals surface area contributed by atoms with Crippen LogP contribution in [0.5, 0.6) is 0 Å². The van der Waals surface area contributed by atoms with Crippen LogP contribution < -0.4 is 21.1 Å². The number of halogens is 1. The van der Waals surface area contributed by atoms with Gasteiger partial charge in [0.05, 0.1) is 24.0 Å². The van der Waals surface area contributed by atoms with Crippen molar-refractivity contribution in [2.75, 3.05) is 35.2 Å². The third-order valence-electron chi connectivity index (χ3n) is 6.20. The molecule has 2 aliphatic heterocycles. The summed E-state index contributed by atoms with van der Waals surface area (Å²) >= 11 is 6.13. The Morgan fingerprint density at radius 2 is 2.00 bits per heavy atom. The molecule has 2 aliphatic rings. The average molecular weight is 488 g/mol. The fourth-order valence-electron chi connectivity index (χ4n) is 4.28. The van der Waals surface area contributed by atoms with Gasteiger partial charge in [-0.1, -0.05) is 17.7 Å². The molecule has 1 aromatic carbocycles. The SMILES string of the molecule is CCOC(=O)C1CCN(c2nc3c(c(=O)[nH]2)[C@@H](C(=O)Nc2cccc(Cl)c2C)CC(=O)N3)CC1. The zero-order chi connectivity index (χ0) is 24.4. The van der Waals surface area contributed by atoms with E-state index in [-0.39, 0.29) is 35.6 Å². The predicted octanol–water partition coefficient (Wildman–Crippen LogP) is 2.58. The van der Waals surface area contributed by atoms with E-state index in [1.54, 1.807) is 32.0 Å². The number of esters is 1. The van der Waals surface area contributed by atoms with Crippen molar-refractivity contribution in [3.05, 3.63) is 44.7 Å². The Hall–Kier alpha value is -3.40. The number of anilines is 3. The summed E-state index contributed by atoms with van der Waals surface area (Å²) in [5, 5.41) is 5.89. The number of hydrogen-bond donors (Lipinski definition) is 3. The monoisotopic (exact) mass is 487 g/mol. The first-order valence-electron chi connectivity index (χ1n) is 11.2. The Morgan fingerprint density at radius 3 is 2.71 bits per heavy atom. The second-order valence-electron chi connectivity index (χ2n) is 8.37. The maximum Gasteiger partial charge on any atom is 0.309 e. The normalized spacial score (nSPS) is 18.1. The highest BCUT2D eigenvalue weighted by Gasteiger charge is 2.36. The number of nitrogens with one attached hydrogen (secondary N) is 3. The Balaban J connectivity index is 1.56. The van der Waals surface area contributed by atoms with Gasteiger partial charge >= 0.3 is 5.97 Å². The molecule has 0 unspecified atom stereocenters. The standard InChI is InChI=1S/C23H26ClN5O5/c1-3-34-22(33)13-7-9-29(10-8-13)23-27-19-18(21(32)28-23)14(11-17(30)26-19)20(31)25-16-6-4-5-15(24)12(16)2/h4-6,13-14H,3,7-11H2,1-2H3,(H,25,31)(H2,26,27,28,30,32)/t14-/m0/s1. The van der Waals surface area contributed by atoms with E-state index in [2.05, 4.69) is 20.6 Å². The lowest BCUT2D eigenvalue weighted by molar-refractivity contribution is -0.148. The van der Waals surface area contributed by atoms with Crippen LogP contribution in [0.2, 0.25) is 5.02 Å². The molecular weight excluding hydrogens is 462 g/mol. The number of hydrogen-bond acceptors (Lipinski definition) is 7. The van der Waals surface area contributed by atoms with E-state index in [1.807, 2.05) is 4.90 Å². The lowest BCUT2D eigenvalue weighted by atomic mass is 9.92. The molecule has 34 heavy (non-hydrogen) atoms. The van der Waals surface area contributed by atoms with Crippen molar-refractivity contribution in [1.29, 1.82) is 0 Å². The molecule has 180 valence electrons. The number of piperidine rings is 1. The largest absolute Gasteiger partial charge is 0.466 e. The van der Waals surface area contributed by atoms with E-state index in [4.69, 9.17) is 16.3 Å². The van der Waals surface area contributed by atoms with Crippen LogP contribution >= 0.6 is 11.6 Å². The highest BCUT2D eigenvalue weighted by Crippen LogP contribution is 2.32. The lowest BCUT2D eigenvalue weighted by Gasteiger charge is -2.32. The highest BCUT2D eigenvalue weighted by atomic mass is 35.5. The van der Waals surface area contributed by atoms with E-state index < -0.39 is 23.3 Å². The molecule has 1 saturated heterocycles. The fraction of sp³-hybridized carbons (Fsp3) is 0.435. The molecule has 0 spiro atoms. The molecule has 2 amide bonds. The number of carbonyl (C=O) groups excluding carboxylic acids is 3. The summed E-state index contributed by atoms with van der Waals surface area (Å²) < 4.78 is 5.09. The summed E-state index contributed by atoms with van der Waals surface area (Å²) in [6.45, 7) is 4.87. The quantitative estimate of drug-likeness (QED) is 0.552. The number of nitrogens with zero attached hydrogens (tertiary/aromatic N) is 2. The molecule has 2 aromatic rings. The Kier molecular flexibility index (Phi) is 6.87. The molecule has 0 bridgehead atoms. The van der Waals surface area contributed by atoms with Crippen LogP contribution in [0.3, 0.4) is 0 Å². The molecule has 10 nitrogen and oxygen atoms in total. The van der Waals surface area contributed by atoms with Gasteiger partial charge in [-0.2, -0.15) is 4.98 Å². The first-order valence-corrected chi connectivity index (χ1v) is 11.6. The third kappa shape index (κ3) is 4.77. The van der Waals surface area contributed by atoms with Crippen molar-refractivity contribution in [2.24, 2.45) is 5.92 Å². The van der Waals surface area contributed by atoms with Crippen molar-refractivity contribution in [2.45, 2.75) is 39.0 Å². The zero-order valence-corrected chi connectivity index (χ0v) is 19.7. The first kappa shape index (κ1) is 23.7. The van der Waals surface area contributed by atoms with Crippen molar-refractivity contribution in [1.82, 2.24) is 9.97 Å². The van der Waals surface area contributed by atoms with E-state index in [0.29, 0.717) is 48.8 Å². The van der Waals surface area contributed by atoms with Crippen molar-refractivity contribution >= 4 is 46.8 Å². The number of fused-ring (bicyclic) bond motifs is 1. The Labute approximate surface area is 201 Å². The average Bonchev–Trinajstić information content (AvgIpc) is 2.81. The molecule has 0 radical (unpaired) electrons. The van der Waals surface area contributed by atoms with Gasteiger partial charge in [-0.25, -0.2) is 0 Å². The second-order valence-corrected chi connectivity index (χ2v) is 8.78. The number of H-pyrrole nitrogens is 1. The summed E-state index contributed by atoms with van der Waals surface area (Å²) in [4.78, 5) is 59.5. The number of amides is 2. The van der Waals surface area contributed by atoms with Gasteiger partial charge in [-0.15, -0.1) is 0 Å². The maximum absolute atomic E-state index is 13.1. The predicted molar refractivity (Wildman–Crippen MR) is 127 cm³/mol. The number of aromatic nitrogens is 2. The Bertz CT molecular complexity index is 1190. The molecule has 11 heteroatoms. The minimum Gasteiger partial charge on any atom is -0.466 e. The van der Waals surface area contributed by atoms with Gasteiger partial charge in [0, 0.05) is 30.2 Å². The van der Waals surface area contributed by atoms with Gasteiger partial charge in [-0.3, -0.25) is 24.2 Å². The van der Waals surface area contributed by atoms with E-state index in [1.165, 1.54) is 0 Å². The molecule has 3 N–H and O–H groups in total. The van der Waals surface area contributed by atoms with Gasteiger partial charge < -0.3 is 20.3 Å². The van der Waals surface area contributed by atoms with Gasteiger partial charge in [-0.05, 0) is 44.4 Å². The smallest absolute Gasteiger partial charge is 0.309 e. The molecular formula is C23H26ClN5O5. The number of aromatic amines is 1. The third-order valence-corrected chi connectivity index (χ3v) is 6.60. The van der Waals surface area contributed by atoms with Gasteiger partial charge in [0.2, 0.25) is 17.8 Å². The maximum atomic E-state index is 13.1. The van der Waals surface area contributed by atoms with Gasteiger partial charge in [0.15, 0.2) is 0 Å². The van der Waals surface area contributed by atoms with Gasteiger partial charge in [0.25, 0.3) is 5.56 Å².